The molecule has 0 aromatic heterocycles. The zero-order valence-corrected chi connectivity index (χ0v) is 7.38. The van der Waals surface area contributed by atoms with Crippen molar-refractivity contribution in [3.63, 3.8) is 0 Å². The van der Waals surface area contributed by atoms with Crippen LogP contribution >= 0.6 is 0 Å². The third-order valence-corrected chi connectivity index (χ3v) is 1.44. The summed E-state index contributed by atoms with van der Waals surface area (Å²) in [5.74, 6) is 0. The lowest BCUT2D eigenvalue weighted by molar-refractivity contribution is 0.0162. The molecule has 0 saturated heterocycles. The fourth-order valence-electron chi connectivity index (χ4n) is 0.989. The van der Waals surface area contributed by atoms with Gasteiger partial charge in [-0.15, -0.1) is 6.58 Å². The van der Waals surface area contributed by atoms with Crippen LogP contribution in [0.2, 0.25) is 0 Å². The van der Waals surface area contributed by atoms with Crippen LogP contribution in [0.4, 0.5) is 0 Å². The lowest BCUT2D eigenvalue weighted by atomic mass is 9.98. The molecule has 0 amide bonds. The van der Waals surface area contributed by atoms with E-state index < -0.39 is 11.7 Å². The zero-order chi connectivity index (χ0) is 8.91. The summed E-state index contributed by atoms with van der Waals surface area (Å²) in [6.45, 7) is 6.95. The highest BCUT2D eigenvalue weighted by Gasteiger charge is 2.17. The summed E-state index contributed by atoms with van der Waals surface area (Å²) in [5, 5.41) is 18.6. The van der Waals surface area contributed by atoms with Crippen molar-refractivity contribution in [3.8, 4) is 0 Å². The minimum absolute atomic E-state index is 0.409. The van der Waals surface area contributed by atoms with Crippen LogP contribution in [0, 0.1) is 0 Å². The molecule has 0 fully saturated rings. The summed E-state index contributed by atoms with van der Waals surface area (Å²) in [4.78, 5) is 0. The molecule has 0 aliphatic rings. The van der Waals surface area contributed by atoms with Crippen molar-refractivity contribution < 1.29 is 10.2 Å². The number of hydrogen-bond donors (Lipinski definition) is 2. The van der Waals surface area contributed by atoms with Crippen LogP contribution in [0.1, 0.15) is 33.1 Å². The molecule has 11 heavy (non-hydrogen) atoms. The van der Waals surface area contributed by atoms with Gasteiger partial charge in [0, 0.05) is 6.42 Å². The highest BCUT2D eigenvalue weighted by atomic mass is 16.3. The molecule has 66 valence electrons. The van der Waals surface area contributed by atoms with Crippen LogP contribution in [0.15, 0.2) is 12.7 Å². The first-order chi connectivity index (χ1) is 4.95. The highest BCUT2D eigenvalue weighted by molar-refractivity contribution is 4.74. The molecular weight excluding hydrogens is 140 g/mol. The third kappa shape index (κ3) is 7.56. The number of allylic oxidation sites excluding steroid dienone is 1. The number of rotatable bonds is 5. The van der Waals surface area contributed by atoms with Gasteiger partial charge in [-0.25, -0.2) is 0 Å². The molecular formula is C9H18O2. The Morgan fingerprint density at radius 2 is 2.09 bits per heavy atom. The monoisotopic (exact) mass is 158 g/mol. The standard InChI is InChI=1S/C9H18O2/c1-4-5-6-8(10)7-9(2,3)11/h4,8,10-11H,1,5-7H2,2-3H3. The first-order valence-electron chi connectivity index (χ1n) is 3.97. The first kappa shape index (κ1) is 10.7. The molecule has 0 aliphatic heterocycles. The van der Waals surface area contributed by atoms with Gasteiger partial charge in [-0.3, -0.25) is 0 Å². The molecule has 2 N–H and O–H groups in total. The molecule has 0 aliphatic carbocycles. The summed E-state index contributed by atoms with van der Waals surface area (Å²) in [6, 6.07) is 0. The molecule has 0 bridgehead atoms. The molecule has 1 unspecified atom stereocenters. The van der Waals surface area contributed by atoms with Gasteiger partial charge in [0.25, 0.3) is 0 Å². The van der Waals surface area contributed by atoms with Crippen LogP contribution in [0.3, 0.4) is 0 Å². The second-order valence-corrected chi connectivity index (χ2v) is 3.54. The number of aliphatic hydroxyl groups excluding tert-OH is 1. The van der Waals surface area contributed by atoms with E-state index in [0.717, 1.165) is 6.42 Å². The summed E-state index contributed by atoms with van der Waals surface area (Å²) < 4.78 is 0. The lowest BCUT2D eigenvalue weighted by Gasteiger charge is -2.20. The second-order valence-electron chi connectivity index (χ2n) is 3.54. The van der Waals surface area contributed by atoms with E-state index in [1.807, 2.05) is 0 Å². The topological polar surface area (TPSA) is 40.5 Å². The fraction of sp³-hybridized carbons (Fsp3) is 0.778. The van der Waals surface area contributed by atoms with Crippen molar-refractivity contribution in [1.82, 2.24) is 0 Å². The van der Waals surface area contributed by atoms with Gasteiger partial charge in [-0.05, 0) is 26.7 Å². The molecule has 0 spiro atoms. The maximum atomic E-state index is 9.31. The minimum atomic E-state index is -0.763. The van der Waals surface area contributed by atoms with E-state index in [1.54, 1.807) is 19.9 Å². The molecule has 0 saturated carbocycles. The van der Waals surface area contributed by atoms with Gasteiger partial charge in [0.15, 0.2) is 0 Å². The van der Waals surface area contributed by atoms with Gasteiger partial charge in [-0.2, -0.15) is 0 Å². The van der Waals surface area contributed by atoms with E-state index in [0.29, 0.717) is 12.8 Å². The van der Waals surface area contributed by atoms with Crippen LogP contribution in [-0.4, -0.2) is 21.9 Å². The van der Waals surface area contributed by atoms with Crippen molar-refractivity contribution in [2.24, 2.45) is 0 Å². The van der Waals surface area contributed by atoms with Crippen LogP contribution in [0.25, 0.3) is 0 Å². The van der Waals surface area contributed by atoms with Crippen LogP contribution in [0.5, 0.6) is 0 Å². The minimum Gasteiger partial charge on any atom is -0.393 e. The Kier molecular flexibility index (Phi) is 4.38. The van der Waals surface area contributed by atoms with E-state index in [9.17, 15) is 10.2 Å². The average Bonchev–Trinajstić information content (AvgIpc) is 1.79. The molecule has 0 aromatic carbocycles. The van der Waals surface area contributed by atoms with Crippen molar-refractivity contribution >= 4 is 0 Å². The van der Waals surface area contributed by atoms with Crippen molar-refractivity contribution in [3.05, 3.63) is 12.7 Å². The Morgan fingerprint density at radius 3 is 2.45 bits per heavy atom. The van der Waals surface area contributed by atoms with E-state index in [-0.39, 0.29) is 0 Å². The molecule has 0 rings (SSSR count). The molecule has 2 heteroatoms. The van der Waals surface area contributed by atoms with E-state index in [1.165, 1.54) is 0 Å². The maximum absolute atomic E-state index is 9.31. The smallest absolute Gasteiger partial charge is 0.0616 e. The van der Waals surface area contributed by atoms with Crippen molar-refractivity contribution in [1.29, 1.82) is 0 Å². The van der Waals surface area contributed by atoms with Gasteiger partial charge in [0.1, 0.15) is 0 Å². The van der Waals surface area contributed by atoms with Crippen LogP contribution in [-0.2, 0) is 0 Å². The molecule has 0 radical (unpaired) electrons. The Balaban J connectivity index is 3.51. The zero-order valence-electron chi connectivity index (χ0n) is 7.38. The number of hydrogen-bond acceptors (Lipinski definition) is 2. The molecule has 2 nitrogen and oxygen atoms in total. The van der Waals surface area contributed by atoms with Crippen molar-refractivity contribution in [2.45, 2.75) is 44.8 Å². The fourth-order valence-corrected chi connectivity index (χ4v) is 0.989. The molecule has 1 atom stereocenters. The van der Waals surface area contributed by atoms with Crippen LogP contribution < -0.4 is 0 Å². The Bertz CT molecular complexity index is 113. The Hall–Kier alpha value is -0.340. The predicted octanol–water partition coefficient (Wildman–Crippen LogP) is 1.47. The predicted molar refractivity (Wildman–Crippen MR) is 46.4 cm³/mol. The maximum Gasteiger partial charge on any atom is 0.0616 e. The Morgan fingerprint density at radius 1 is 1.55 bits per heavy atom. The summed E-state index contributed by atoms with van der Waals surface area (Å²) in [7, 11) is 0. The first-order valence-corrected chi connectivity index (χ1v) is 3.97. The van der Waals surface area contributed by atoms with Gasteiger partial charge in [0.05, 0.1) is 11.7 Å². The highest BCUT2D eigenvalue weighted by Crippen LogP contribution is 2.13. The third-order valence-electron chi connectivity index (χ3n) is 1.44. The quantitative estimate of drug-likeness (QED) is 0.595. The van der Waals surface area contributed by atoms with Gasteiger partial charge >= 0.3 is 0 Å². The van der Waals surface area contributed by atoms with Gasteiger partial charge in [-0.1, -0.05) is 6.08 Å². The van der Waals surface area contributed by atoms with Gasteiger partial charge in [0.2, 0.25) is 0 Å². The van der Waals surface area contributed by atoms with E-state index >= 15 is 0 Å². The average molecular weight is 158 g/mol. The largest absolute Gasteiger partial charge is 0.393 e. The van der Waals surface area contributed by atoms with E-state index in [4.69, 9.17) is 0 Å². The molecule has 0 heterocycles. The summed E-state index contributed by atoms with van der Waals surface area (Å²) in [5.41, 5.74) is -0.763. The SMILES string of the molecule is C=CCCC(O)CC(C)(C)O. The normalized spacial score (nSPS) is 14.5. The molecule has 0 aromatic rings. The Labute approximate surface area is 68.6 Å². The van der Waals surface area contributed by atoms with Crippen molar-refractivity contribution in [2.75, 3.05) is 0 Å². The second kappa shape index (κ2) is 4.52. The lowest BCUT2D eigenvalue weighted by Crippen LogP contribution is -2.25. The van der Waals surface area contributed by atoms with Gasteiger partial charge < -0.3 is 10.2 Å². The summed E-state index contributed by atoms with van der Waals surface area (Å²) in [6.07, 6.45) is 3.28. The van der Waals surface area contributed by atoms with E-state index in [2.05, 4.69) is 6.58 Å². The summed E-state index contributed by atoms with van der Waals surface area (Å²) >= 11 is 0. The number of aliphatic hydroxyl groups is 2.